The number of nitrogens with zero attached hydrogens (tertiary/aromatic N) is 4. The number of amides is 1. The van der Waals surface area contributed by atoms with E-state index < -0.39 is 17.9 Å². The first-order chi connectivity index (χ1) is 13.8. The Bertz CT molecular complexity index is 883. The van der Waals surface area contributed by atoms with E-state index in [1.54, 1.807) is 44.3 Å². The number of nitrogens with two attached hydrogens (primary N) is 1. The van der Waals surface area contributed by atoms with E-state index >= 15 is 0 Å². The summed E-state index contributed by atoms with van der Waals surface area (Å²) in [5.41, 5.74) is 6.45. The van der Waals surface area contributed by atoms with Crippen LogP contribution in [0.1, 0.15) is 18.3 Å². The molecule has 154 valence electrons. The molecular formula is C19H24N6O4. The molecule has 0 aliphatic heterocycles. The summed E-state index contributed by atoms with van der Waals surface area (Å²) in [6.07, 6.45) is 2.96. The molecule has 3 N–H and O–H groups in total. The van der Waals surface area contributed by atoms with E-state index in [2.05, 4.69) is 20.3 Å². The molecule has 1 aromatic heterocycles. The molecule has 10 nitrogen and oxygen atoms in total. The zero-order valence-electron chi connectivity index (χ0n) is 16.7. The van der Waals surface area contributed by atoms with E-state index in [1.165, 1.54) is 13.0 Å². The molecule has 2 rings (SSSR count). The van der Waals surface area contributed by atoms with Crippen LogP contribution in [0.4, 0.5) is 11.9 Å². The SMILES string of the molecule is COc1ccc(/C=C/C(=O)N[C@@H](C)C(=O)OCc2nc(N)nc(N(C)C)n2)cc1. The molecule has 0 saturated carbocycles. The number of ether oxygens (including phenoxy) is 2. The fourth-order valence-electron chi connectivity index (χ4n) is 2.16. The average molecular weight is 400 g/mol. The van der Waals surface area contributed by atoms with E-state index in [1.807, 2.05) is 12.1 Å². The third-order valence-corrected chi connectivity index (χ3v) is 3.69. The van der Waals surface area contributed by atoms with Crippen molar-refractivity contribution in [3.05, 3.63) is 41.7 Å². The largest absolute Gasteiger partial charge is 0.497 e. The minimum absolute atomic E-state index is 0.0276. The van der Waals surface area contributed by atoms with Gasteiger partial charge in [-0.2, -0.15) is 15.0 Å². The van der Waals surface area contributed by atoms with Crippen LogP contribution in [0.15, 0.2) is 30.3 Å². The second-order valence-electron chi connectivity index (χ2n) is 6.25. The molecule has 1 amide bonds. The van der Waals surface area contributed by atoms with Gasteiger partial charge in [0.1, 0.15) is 11.8 Å². The molecular weight excluding hydrogens is 376 g/mol. The van der Waals surface area contributed by atoms with Crippen LogP contribution in [0.3, 0.4) is 0 Å². The predicted molar refractivity (Wildman–Crippen MR) is 108 cm³/mol. The lowest BCUT2D eigenvalue weighted by atomic mass is 10.2. The van der Waals surface area contributed by atoms with Crippen molar-refractivity contribution in [2.75, 3.05) is 31.8 Å². The number of nitrogens with one attached hydrogen (secondary N) is 1. The number of esters is 1. The highest BCUT2D eigenvalue weighted by Gasteiger charge is 2.17. The summed E-state index contributed by atoms with van der Waals surface area (Å²) in [5.74, 6) is 0.271. The Hall–Kier alpha value is -3.69. The van der Waals surface area contributed by atoms with Crippen LogP contribution in [-0.4, -0.2) is 54.1 Å². The van der Waals surface area contributed by atoms with Gasteiger partial charge in [-0.3, -0.25) is 4.79 Å². The van der Waals surface area contributed by atoms with Gasteiger partial charge in [0.15, 0.2) is 12.4 Å². The maximum atomic E-state index is 12.1. The zero-order valence-corrected chi connectivity index (χ0v) is 16.7. The normalized spacial score (nSPS) is 11.7. The van der Waals surface area contributed by atoms with Crippen molar-refractivity contribution < 1.29 is 19.1 Å². The molecule has 2 aromatic rings. The van der Waals surface area contributed by atoms with Gasteiger partial charge >= 0.3 is 5.97 Å². The maximum Gasteiger partial charge on any atom is 0.328 e. The van der Waals surface area contributed by atoms with Crippen LogP contribution >= 0.6 is 0 Å². The van der Waals surface area contributed by atoms with Crippen molar-refractivity contribution in [1.29, 1.82) is 0 Å². The summed E-state index contributed by atoms with van der Waals surface area (Å²) in [4.78, 5) is 37.8. The van der Waals surface area contributed by atoms with Crippen LogP contribution in [-0.2, 0) is 20.9 Å². The van der Waals surface area contributed by atoms with Gasteiger partial charge in [0.2, 0.25) is 17.8 Å². The zero-order chi connectivity index (χ0) is 21.4. The van der Waals surface area contributed by atoms with E-state index in [0.29, 0.717) is 5.95 Å². The first kappa shape index (κ1) is 21.6. The second kappa shape index (κ2) is 10.0. The first-order valence-corrected chi connectivity index (χ1v) is 8.75. The third kappa shape index (κ3) is 6.76. The quantitative estimate of drug-likeness (QED) is 0.487. The van der Waals surface area contributed by atoms with Crippen molar-refractivity contribution in [1.82, 2.24) is 20.3 Å². The number of hydrogen-bond acceptors (Lipinski definition) is 9. The molecule has 0 saturated heterocycles. The minimum atomic E-state index is -0.851. The number of nitrogen functional groups attached to an aromatic ring is 1. The maximum absolute atomic E-state index is 12.1. The van der Waals surface area contributed by atoms with Crippen molar-refractivity contribution in [3.63, 3.8) is 0 Å². The van der Waals surface area contributed by atoms with Gasteiger partial charge in [0.25, 0.3) is 0 Å². The summed E-state index contributed by atoms with van der Waals surface area (Å²) in [5, 5.41) is 2.54. The lowest BCUT2D eigenvalue weighted by Crippen LogP contribution is -2.38. The van der Waals surface area contributed by atoms with Crippen LogP contribution in [0.25, 0.3) is 6.08 Å². The van der Waals surface area contributed by atoms with Gasteiger partial charge in [0, 0.05) is 20.2 Å². The topological polar surface area (TPSA) is 133 Å². The summed E-state index contributed by atoms with van der Waals surface area (Å²) in [7, 11) is 5.08. The van der Waals surface area contributed by atoms with Crippen LogP contribution in [0, 0.1) is 0 Å². The Morgan fingerprint density at radius 1 is 1.21 bits per heavy atom. The fraction of sp³-hybridized carbons (Fsp3) is 0.316. The molecule has 0 radical (unpaired) electrons. The molecule has 0 unspecified atom stereocenters. The molecule has 0 fully saturated rings. The lowest BCUT2D eigenvalue weighted by molar-refractivity contribution is -0.148. The Labute approximate surface area is 168 Å². The van der Waals surface area contributed by atoms with Gasteiger partial charge < -0.3 is 25.4 Å². The number of carbonyl (C=O) groups excluding carboxylic acids is 2. The number of aromatic nitrogens is 3. The summed E-state index contributed by atoms with van der Waals surface area (Å²) in [6.45, 7) is 1.34. The van der Waals surface area contributed by atoms with Gasteiger partial charge in [-0.15, -0.1) is 0 Å². The number of rotatable bonds is 8. The second-order valence-corrected chi connectivity index (χ2v) is 6.25. The molecule has 0 spiro atoms. The van der Waals surface area contributed by atoms with Gasteiger partial charge in [0.05, 0.1) is 7.11 Å². The Kier molecular flexibility index (Phi) is 7.47. The van der Waals surface area contributed by atoms with Crippen LogP contribution in [0.5, 0.6) is 5.75 Å². The Balaban J connectivity index is 1.86. The summed E-state index contributed by atoms with van der Waals surface area (Å²) < 4.78 is 10.2. The number of benzene rings is 1. The van der Waals surface area contributed by atoms with Crippen molar-refractivity contribution in [2.24, 2.45) is 0 Å². The molecule has 1 heterocycles. The van der Waals surface area contributed by atoms with Crippen molar-refractivity contribution in [3.8, 4) is 5.75 Å². The van der Waals surface area contributed by atoms with E-state index in [9.17, 15) is 9.59 Å². The smallest absolute Gasteiger partial charge is 0.328 e. The molecule has 1 aromatic carbocycles. The van der Waals surface area contributed by atoms with Crippen molar-refractivity contribution in [2.45, 2.75) is 19.6 Å². The fourth-order valence-corrected chi connectivity index (χ4v) is 2.16. The van der Waals surface area contributed by atoms with Gasteiger partial charge in [-0.1, -0.05) is 12.1 Å². The molecule has 0 bridgehead atoms. The predicted octanol–water partition coefficient (Wildman–Crippen LogP) is 0.790. The highest BCUT2D eigenvalue weighted by Crippen LogP contribution is 2.12. The van der Waals surface area contributed by atoms with Gasteiger partial charge in [-0.05, 0) is 30.7 Å². The summed E-state index contributed by atoms with van der Waals surface area (Å²) in [6, 6.07) is 6.33. The first-order valence-electron chi connectivity index (χ1n) is 8.75. The molecule has 1 atom stereocenters. The van der Waals surface area contributed by atoms with Gasteiger partial charge in [-0.25, -0.2) is 4.79 Å². The highest BCUT2D eigenvalue weighted by molar-refractivity contribution is 5.94. The number of anilines is 2. The number of hydrogen-bond donors (Lipinski definition) is 2. The number of carbonyl (C=O) groups is 2. The average Bonchev–Trinajstić information content (AvgIpc) is 2.70. The lowest BCUT2D eigenvalue weighted by Gasteiger charge is -2.13. The Morgan fingerprint density at radius 3 is 2.52 bits per heavy atom. The summed E-state index contributed by atoms with van der Waals surface area (Å²) >= 11 is 0. The van der Waals surface area contributed by atoms with E-state index in [4.69, 9.17) is 15.2 Å². The van der Waals surface area contributed by atoms with E-state index in [-0.39, 0.29) is 18.4 Å². The van der Waals surface area contributed by atoms with E-state index in [0.717, 1.165) is 11.3 Å². The number of methoxy groups -OCH3 is 1. The Morgan fingerprint density at radius 2 is 1.90 bits per heavy atom. The molecule has 10 heteroatoms. The highest BCUT2D eigenvalue weighted by atomic mass is 16.5. The third-order valence-electron chi connectivity index (χ3n) is 3.69. The minimum Gasteiger partial charge on any atom is -0.497 e. The van der Waals surface area contributed by atoms with Crippen molar-refractivity contribution >= 4 is 29.8 Å². The van der Waals surface area contributed by atoms with Crippen LogP contribution in [0.2, 0.25) is 0 Å². The monoisotopic (exact) mass is 400 g/mol. The molecule has 0 aliphatic carbocycles. The van der Waals surface area contributed by atoms with Crippen LogP contribution < -0.4 is 20.7 Å². The standard InChI is InChI=1S/C19H24N6O4/c1-12(21-16(26)10-7-13-5-8-14(28-4)9-6-13)17(27)29-11-15-22-18(20)24-19(23-15)25(2)3/h5-10,12H,11H2,1-4H3,(H,21,26)(H2,20,22,23,24)/b10-7+/t12-/m0/s1. The molecule has 0 aliphatic rings. The molecule has 29 heavy (non-hydrogen) atoms.